The highest BCUT2D eigenvalue weighted by Crippen LogP contribution is 2.18. The summed E-state index contributed by atoms with van der Waals surface area (Å²) in [4.78, 5) is 24.3. The second-order valence-electron chi connectivity index (χ2n) is 5.23. The van der Waals surface area contributed by atoms with Crippen LogP contribution < -0.4 is 5.32 Å². The minimum absolute atomic E-state index is 0.186. The van der Waals surface area contributed by atoms with Gasteiger partial charge >= 0.3 is 0 Å². The van der Waals surface area contributed by atoms with Crippen molar-refractivity contribution in [3.05, 3.63) is 94.9 Å². The minimum atomic E-state index is -0.374. The molecular weight excluding hydrogens is 338 g/mol. The number of allylic oxidation sites excluding steroid dienone is 1. The van der Waals surface area contributed by atoms with E-state index in [4.69, 9.17) is 16.0 Å². The van der Waals surface area contributed by atoms with Gasteiger partial charge in [-0.3, -0.25) is 9.59 Å². The Labute approximate surface area is 149 Å². The molecule has 0 aliphatic heterocycles. The van der Waals surface area contributed by atoms with E-state index in [1.807, 2.05) is 18.2 Å². The molecule has 0 radical (unpaired) electrons. The fourth-order valence-corrected chi connectivity index (χ4v) is 2.42. The van der Waals surface area contributed by atoms with E-state index in [9.17, 15) is 9.59 Å². The van der Waals surface area contributed by atoms with Crippen LogP contribution in [0.5, 0.6) is 0 Å². The largest absolute Gasteiger partial charge is 0.459 e. The van der Waals surface area contributed by atoms with Crippen LogP contribution in [0.3, 0.4) is 0 Å². The molecule has 0 saturated carbocycles. The van der Waals surface area contributed by atoms with Crippen LogP contribution in [-0.4, -0.2) is 11.7 Å². The Kier molecular flexibility index (Phi) is 5.11. The molecule has 0 aliphatic carbocycles. The van der Waals surface area contributed by atoms with Crippen LogP contribution >= 0.6 is 11.6 Å². The van der Waals surface area contributed by atoms with E-state index in [2.05, 4.69) is 5.32 Å². The molecule has 0 aliphatic rings. The summed E-state index contributed by atoms with van der Waals surface area (Å²) in [6, 6.07) is 17.2. The second-order valence-corrected chi connectivity index (χ2v) is 5.64. The third-order valence-electron chi connectivity index (χ3n) is 3.47. The first-order valence-electron chi connectivity index (χ1n) is 7.55. The molecule has 0 atom stereocenters. The molecule has 3 rings (SSSR count). The first kappa shape index (κ1) is 16.7. The monoisotopic (exact) mass is 351 g/mol. The van der Waals surface area contributed by atoms with Crippen LogP contribution in [0.2, 0.25) is 5.02 Å². The highest BCUT2D eigenvalue weighted by atomic mass is 35.5. The van der Waals surface area contributed by atoms with Crippen LogP contribution in [0, 0.1) is 0 Å². The molecule has 0 bridgehead atoms. The third kappa shape index (κ3) is 4.25. The number of nitrogens with one attached hydrogen (secondary N) is 1. The molecule has 2 aromatic carbocycles. The summed E-state index contributed by atoms with van der Waals surface area (Å²) in [5.74, 6) is -0.356. The lowest BCUT2D eigenvalue weighted by atomic mass is 10.1. The topological polar surface area (TPSA) is 59.3 Å². The van der Waals surface area contributed by atoms with E-state index in [1.54, 1.807) is 48.5 Å². The normalized spacial score (nSPS) is 10.8. The van der Waals surface area contributed by atoms with Crippen molar-refractivity contribution in [3.63, 3.8) is 0 Å². The highest BCUT2D eigenvalue weighted by molar-refractivity contribution is 6.32. The van der Waals surface area contributed by atoms with Crippen molar-refractivity contribution in [2.45, 2.75) is 0 Å². The lowest BCUT2D eigenvalue weighted by Gasteiger charge is -2.04. The van der Waals surface area contributed by atoms with Crippen LogP contribution in [0.4, 0.5) is 5.69 Å². The quantitative estimate of drug-likeness (QED) is 0.515. The molecule has 25 heavy (non-hydrogen) atoms. The molecule has 0 unspecified atom stereocenters. The van der Waals surface area contributed by atoms with Crippen LogP contribution in [0.15, 0.2) is 77.4 Å². The summed E-state index contributed by atoms with van der Waals surface area (Å²) in [5.41, 5.74) is 1.73. The first-order chi connectivity index (χ1) is 12.1. The number of hydrogen-bond donors (Lipinski definition) is 1. The van der Waals surface area contributed by atoms with Crippen molar-refractivity contribution in [2.75, 3.05) is 5.32 Å². The smallest absolute Gasteiger partial charge is 0.291 e. The van der Waals surface area contributed by atoms with Crippen LogP contribution in [0.25, 0.3) is 6.08 Å². The summed E-state index contributed by atoms with van der Waals surface area (Å²) in [6.45, 7) is 0. The van der Waals surface area contributed by atoms with Gasteiger partial charge in [-0.1, -0.05) is 41.9 Å². The number of carbonyl (C=O) groups is 2. The van der Waals surface area contributed by atoms with Gasteiger partial charge in [0.05, 0.1) is 6.26 Å². The highest BCUT2D eigenvalue weighted by Gasteiger charge is 2.10. The predicted molar refractivity (Wildman–Crippen MR) is 97.9 cm³/mol. The molecule has 1 N–H and O–H groups in total. The zero-order valence-corrected chi connectivity index (χ0v) is 13.9. The molecule has 1 amide bonds. The molecule has 0 spiro atoms. The van der Waals surface area contributed by atoms with Gasteiger partial charge in [0.15, 0.2) is 11.5 Å². The molecule has 124 valence electrons. The summed E-state index contributed by atoms with van der Waals surface area (Å²) < 4.78 is 5.04. The van der Waals surface area contributed by atoms with Crippen molar-refractivity contribution < 1.29 is 14.0 Å². The number of halogens is 1. The lowest BCUT2D eigenvalue weighted by Crippen LogP contribution is -2.11. The number of amides is 1. The fourth-order valence-electron chi connectivity index (χ4n) is 2.22. The third-order valence-corrected chi connectivity index (χ3v) is 3.81. The van der Waals surface area contributed by atoms with Crippen LogP contribution in [0.1, 0.15) is 26.5 Å². The Hall–Kier alpha value is -3.11. The summed E-state index contributed by atoms with van der Waals surface area (Å²) in [7, 11) is 0. The van der Waals surface area contributed by atoms with Crippen molar-refractivity contribution in [2.24, 2.45) is 0 Å². The molecule has 3 aromatic rings. The standard InChI is InChI=1S/C20H14ClNO3/c21-17-8-2-1-5-14(17)10-11-18(23)15-6-3-7-16(13-15)22-20(24)19-9-4-12-25-19/h1-13H,(H,22,24)/b11-10+. The van der Waals surface area contributed by atoms with E-state index in [0.717, 1.165) is 5.56 Å². The van der Waals surface area contributed by atoms with Gasteiger partial charge in [-0.05, 0) is 48.0 Å². The zero-order valence-electron chi connectivity index (χ0n) is 13.1. The van der Waals surface area contributed by atoms with Crippen molar-refractivity contribution in [3.8, 4) is 0 Å². The Morgan fingerprint density at radius 3 is 2.60 bits per heavy atom. The Bertz CT molecular complexity index is 930. The summed E-state index contributed by atoms with van der Waals surface area (Å²) in [6.07, 6.45) is 4.54. The van der Waals surface area contributed by atoms with E-state index >= 15 is 0 Å². The number of rotatable bonds is 5. The van der Waals surface area contributed by atoms with E-state index in [1.165, 1.54) is 12.3 Å². The zero-order chi connectivity index (χ0) is 17.6. The van der Waals surface area contributed by atoms with Crippen LogP contribution in [-0.2, 0) is 0 Å². The van der Waals surface area contributed by atoms with E-state index in [0.29, 0.717) is 16.3 Å². The van der Waals surface area contributed by atoms with E-state index < -0.39 is 0 Å². The maximum absolute atomic E-state index is 12.3. The average Bonchev–Trinajstić information content (AvgIpc) is 3.16. The van der Waals surface area contributed by atoms with Crippen molar-refractivity contribution in [1.82, 2.24) is 0 Å². The van der Waals surface area contributed by atoms with E-state index in [-0.39, 0.29) is 17.5 Å². The van der Waals surface area contributed by atoms with Gasteiger partial charge in [0, 0.05) is 16.3 Å². The fraction of sp³-hybridized carbons (Fsp3) is 0. The molecule has 1 aromatic heterocycles. The molecule has 0 saturated heterocycles. The number of carbonyl (C=O) groups excluding carboxylic acids is 2. The average molecular weight is 352 g/mol. The number of hydrogen-bond acceptors (Lipinski definition) is 3. The maximum Gasteiger partial charge on any atom is 0.291 e. The van der Waals surface area contributed by atoms with Gasteiger partial charge in [-0.2, -0.15) is 0 Å². The van der Waals surface area contributed by atoms with Gasteiger partial charge in [0.25, 0.3) is 5.91 Å². The van der Waals surface area contributed by atoms with Crippen molar-refractivity contribution >= 4 is 35.1 Å². The minimum Gasteiger partial charge on any atom is -0.459 e. The van der Waals surface area contributed by atoms with Gasteiger partial charge in [-0.15, -0.1) is 0 Å². The second kappa shape index (κ2) is 7.64. The number of anilines is 1. The summed E-state index contributed by atoms with van der Waals surface area (Å²) >= 11 is 6.07. The lowest BCUT2D eigenvalue weighted by molar-refractivity contribution is 0.0994. The predicted octanol–water partition coefficient (Wildman–Crippen LogP) is 5.08. The Morgan fingerprint density at radius 1 is 1.00 bits per heavy atom. The molecule has 1 heterocycles. The van der Waals surface area contributed by atoms with Gasteiger partial charge in [0.2, 0.25) is 0 Å². The number of ketones is 1. The molecule has 5 heteroatoms. The molecule has 0 fully saturated rings. The SMILES string of the molecule is O=C(/C=C/c1ccccc1Cl)c1cccc(NC(=O)c2ccco2)c1. The van der Waals surface area contributed by atoms with Gasteiger partial charge in [0.1, 0.15) is 0 Å². The number of benzene rings is 2. The summed E-state index contributed by atoms with van der Waals surface area (Å²) in [5, 5.41) is 3.27. The first-order valence-corrected chi connectivity index (χ1v) is 7.93. The van der Waals surface area contributed by atoms with Gasteiger partial charge < -0.3 is 9.73 Å². The number of furan rings is 1. The van der Waals surface area contributed by atoms with Crippen molar-refractivity contribution in [1.29, 1.82) is 0 Å². The van der Waals surface area contributed by atoms with Gasteiger partial charge in [-0.25, -0.2) is 0 Å². The Balaban J connectivity index is 1.73. The maximum atomic E-state index is 12.3. The molecule has 4 nitrogen and oxygen atoms in total. The molecular formula is C20H14ClNO3. The Morgan fingerprint density at radius 2 is 1.84 bits per heavy atom.